The molecule has 4 nitrogen and oxygen atoms in total. The lowest BCUT2D eigenvalue weighted by Gasteiger charge is -2.22. The van der Waals surface area contributed by atoms with E-state index in [1.165, 1.54) is 12.1 Å². The van der Waals surface area contributed by atoms with Crippen molar-refractivity contribution >= 4 is 17.5 Å². The van der Waals surface area contributed by atoms with Gasteiger partial charge in [0.1, 0.15) is 5.82 Å². The summed E-state index contributed by atoms with van der Waals surface area (Å²) in [6, 6.07) is 8.61. The van der Waals surface area contributed by atoms with Crippen LogP contribution in [0.3, 0.4) is 0 Å². The van der Waals surface area contributed by atoms with Crippen LogP contribution in [0.1, 0.15) is 22.3 Å². The molecule has 2 aromatic carbocycles. The van der Waals surface area contributed by atoms with Crippen molar-refractivity contribution in [2.24, 2.45) is 5.73 Å². The summed E-state index contributed by atoms with van der Waals surface area (Å²) in [4.78, 5) is 24.8. The summed E-state index contributed by atoms with van der Waals surface area (Å²) in [5.74, 6) is -1.78. The molecule has 2 aromatic rings. The van der Waals surface area contributed by atoms with E-state index >= 15 is 0 Å². The minimum absolute atomic E-state index is 0.00166. The minimum atomic E-state index is -4.51. The zero-order valence-electron chi connectivity index (χ0n) is 12.9. The molecule has 0 bridgehead atoms. The molecule has 2 rings (SSSR count). The lowest BCUT2D eigenvalue weighted by atomic mass is 10.1. The minimum Gasteiger partial charge on any atom is -0.370 e. The molecule has 0 spiro atoms. The van der Waals surface area contributed by atoms with Gasteiger partial charge in [0.15, 0.2) is 0 Å². The Hall–Kier alpha value is -2.90. The Morgan fingerprint density at radius 1 is 0.960 bits per heavy atom. The summed E-state index contributed by atoms with van der Waals surface area (Å²) < 4.78 is 50.9. The highest BCUT2D eigenvalue weighted by Crippen LogP contribution is 2.29. The van der Waals surface area contributed by atoms with E-state index in [2.05, 4.69) is 0 Å². The first-order valence-electron chi connectivity index (χ1n) is 7.21. The maximum Gasteiger partial charge on any atom is 0.416 e. The lowest BCUT2D eigenvalue weighted by molar-refractivity contribution is -0.137. The van der Waals surface area contributed by atoms with Crippen molar-refractivity contribution in [3.05, 3.63) is 65.5 Å². The van der Waals surface area contributed by atoms with Crippen LogP contribution in [0.5, 0.6) is 0 Å². The van der Waals surface area contributed by atoms with Crippen LogP contribution >= 0.6 is 0 Å². The molecule has 0 aliphatic heterocycles. The van der Waals surface area contributed by atoms with E-state index in [9.17, 15) is 27.2 Å². The van der Waals surface area contributed by atoms with Crippen molar-refractivity contribution in [2.75, 3.05) is 11.4 Å². The number of nitrogens with two attached hydrogens (primary N) is 1. The maximum absolute atomic E-state index is 13.1. The second-order valence-electron chi connectivity index (χ2n) is 5.22. The molecule has 8 heteroatoms. The number of halogens is 4. The molecule has 25 heavy (non-hydrogen) atoms. The van der Waals surface area contributed by atoms with Crippen molar-refractivity contribution in [3.8, 4) is 0 Å². The van der Waals surface area contributed by atoms with Gasteiger partial charge in [0.25, 0.3) is 5.91 Å². The first kappa shape index (κ1) is 18.4. The highest BCUT2D eigenvalue weighted by Gasteiger charge is 2.30. The van der Waals surface area contributed by atoms with Gasteiger partial charge in [-0.1, -0.05) is 0 Å². The van der Waals surface area contributed by atoms with Crippen LogP contribution in [0.25, 0.3) is 0 Å². The molecule has 0 aliphatic carbocycles. The number of benzene rings is 2. The molecular weight excluding hydrogens is 340 g/mol. The molecule has 0 fully saturated rings. The monoisotopic (exact) mass is 354 g/mol. The molecule has 0 heterocycles. The van der Waals surface area contributed by atoms with E-state index in [1.54, 1.807) is 0 Å². The third kappa shape index (κ3) is 4.79. The second-order valence-corrected chi connectivity index (χ2v) is 5.22. The molecule has 0 saturated heterocycles. The van der Waals surface area contributed by atoms with E-state index < -0.39 is 29.4 Å². The highest BCUT2D eigenvalue weighted by molar-refractivity contribution is 6.06. The van der Waals surface area contributed by atoms with Crippen molar-refractivity contribution in [1.29, 1.82) is 0 Å². The molecule has 0 unspecified atom stereocenters. The van der Waals surface area contributed by atoms with Crippen molar-refractivity contribution in [2.45, 2.75) is 12.6 Å². The largest absolute Gasteiger partial charge is 0.416 e. The predicted molar refractivity (Wildman–Crippen MR) is 83.3 cm³/mol. The Morgan fingerprint density at radius 2 is 1.52 bits per heavy atom. The van der Waals surface area contributed by atoms with Crippen molar-refractivity contribution in [3.63, 3.8) is 0 Å². The third-order valence-corrected chi connectivity index (χ3v) is 3.42. The van der Waals surface area contributed by atoms with Gasteiger partial charge in [-0.3, -0.25) is 9.59 Å². The average molecular weight is 354 g/mol. The molecule has 0 saturated carbocycles. The number of nitrogens with zero attached hydrogens (tertiary/aromatic N) is 1. The van der Waals surface area contributed by atoms with Crippen LogP contribution < -0.4 is 10.6 Å². The van der Waals surface area contributed by atoms with Crippen LogP contribution in [0.4, 0.5) is 23.2 Å². The van der Waals surface area contributed by atoms with E-state index in [0.29, 0.717) is 5.69 Å². The first-order chi connectivity index (χ1) is 11.7. The summed E-state index contributed by atoms with van der Waals surface area (Å²) in [5, 5.41) is 0. The quantitative estimate of drug-likeness (QED) is 0.837. The fraction of sp³-hybridized carbons (Fsp3) is 0.176. The molecule has 0 aromatic heterocycles. The Morgan fingerprint density at radius 3 is 2.00 bits per heavy atom. The van der Waals surface area contributed by atoms with E-state index in [-0.39, 0.29) is 18.5 Å². The number of amides is 2. The van der Waals surface area contributed by atoms with Crippen LogP contribution in [-0.2, 0) is 11.0 Å². The van der Waals surface area contributed by atoms with Gasteiger partial charge < -0.3 is 10.6 Å². The Balaban J connectivity index is 2.31. The molecule has 2 amide bonds. The van der Waals surface area contributed by atoms with Gasteiger partial charge in [0, 0.05) is 24.2 Å². The van der Waals surface area contributed by atoms with Gasteiger partial charge >= 0.3 is 6.18 Å². The molecule has 0 atom stereocenters. The predicted octanol–water partition coefficient (Wildman–Crippen LogP) is 3.37. The number of hydrogen-bond donors (Lipinski definition) is 1. The number of carbonyl (C=O) groups excluding carboxylic acids is 2. The fourth-order valence-electron chi connectivity index (χ4n) is 2.15. The number of hydrogen-bond acceptors (Lipinski definition) is 2. The first-order valence-corrected chi connectivity index (χ1v) is 7.21. The molecule has 2 N–H and O–H groups in total. The lowest BCUT2D eigenvalue weighted by Crippen LogP contribution is -2.34. The molecular formula is C17H14F4N2O2. The van der Waals surface area contributed by atoms with Crippen LogP contribution in [0.2, 0.25) is 0 Å². The normalized spacial score (nSPS) is 11.2. The van der Waals surface area contributed by atoms with Gasteiger partial charge in [0.2, 0.25) is 5.91 Å². The third-order valence-electron chi connectivity index (χ3n) is 3.42. The SMILES string of the molecule is NC(=O)CCN(C(=O)c1ccc(C(F)(F)F)cc1)c1ccc(F)cc1. The van der Waals surface area contributed by atoms with Gasteiger partial charge in [-0.2, -0.15) is 13.2 Å². The zero-order chi connectivity index (χ0) is 18.6. The number of rotatable bonds is 5. The fourth-order valence-corrected chi connectivity index (χ4v) is 2.15. The average Bonchev–Trinajstić information content (AvgIpc) is 2.55. The van der Waals surface area contributed by atoms with E-state index in [0.717, 1.165) is 41.3 Å². The molecule has 0 aliphatic rings. The van der Waals surface area contributed by atoms with E-state index in [1.807, 2.05) is 0 Å². The van der Waals surface area contributed by atoms with Gasteiger partial charge in [0.05, 0.1) is 5.56 Å². The van der Waals surface area contributed by atoms with Crippen molar-refractivity contribution < 1.29 is 27.2 Å². The Bertz CT molecular complexity index is 756. The van der Waals surface area contributed by atoms with E-state index in [4.69, 9.17) is 5.73 Å². The number of carbonyl (C=O) groups is 2. The van der Waals surface area contributed by atoms with Gasteiger partial charge in [-0.15, -0.1) is 0 Å². The Kier molecular flexibility index (Phi) is 5.41. The summed E-state index contributed by atoms with van der Waals surface area (Å²) in [5.41, 5.74) is 4.51. The topological polar surface area (TPSA) is 63.4 Å². The summed E-state index contributed by atoms with van der Waals surface area (Å²) >= 11 is 0. The van der Waals surface area contributed by atoms with Crippen LogP contribution in [0, 0.1) is 5.82 Å². The van der Waals surface area contributed by atoms with Crippen molar-refractivity contribution in [1.82, 2.24) is 0 Å². The summed E-state index contributed by atoms with van der Waals surface area (Å²) in [6.07, 6.45) is -4.66. The van der Waals surface area contributed by atoms with Gasteiger partial charge in [-0.25, -0.2) is 4.39 Å². The molecule has 0 radical (unpaired) electrons. The van der Waals surface area contributed by atoms with Crippen LogP contribution in [-0.4, -0.2) is 18.4 Å². The zero-order valence-corrected chi connectivity index (χ0v) is 12.9. The molecule has 132 valence electrons. The second kappa shape index (κ2) is 7.33. The Labute approximate surface area is 140 Å². The standard InChI is InChI=1S/C17H14F4N2O2/c18-13-5-7-14(8-6-13)23(10-9-15(22)24)16(25)11-1-3-12(4-2-11)17(19,20)21/h1-8H,9-10H2,(H2,22,24). The summed E-state index contributed by atoms with van der Waals surface area (Å²) in [6.45, 7) is -0.0825. The smallest absolute Gasteiger partial charge is 0.370 e. The van der Waals surface area contributed by atoms with Gasteiger partial charge in [-0.05, 0) is 48.5 Å². The number of primary amides is 1. The maximum atomic E-state index is 13.1. The highest BCUT2D eigenvalue weighted by atomic mass is 19.4. The number of alkyl halides is 3. The summed E-state index contributed by atoms with van der Waals surface area (Å²) in [7, 11) is 0. The number of anilines is 1. The van der Waals surface area contributed by atoms with Crippen LogP contribution in [0.15, 0.2) is 48.5 Å².